The van der Waals surface area contributed by atoms with Crippen molar-refractivity contribution < 1.29 is 9.90 Å². The minimum absolute atomic E-state index is 0.157. The predicted octanol–water partition coefficient (Wildman–Crippen LogP) is 2.66. The summed E-state index contributed by atoms with van der Waals surface area (Å²) >= 11 is 1.35. The number of amides is 1. The predicted molar refractivity (Wildman–Crippen MR) is 101 cm³/mol. The number of imidazole rings is 1. The van der Waals surface area contributed by atoms with Crippen molar-refractivity contribution in [3.8, 4) is 0 Å². The lowest BCUT2D eigenvalue weighted by atomic mass is 9.93. The van der Waals surface area contributed by atoms with Crippen LogP contribution in [0.5, 0.6) is 0 Å². The fraction of sp³-hybridized carbons (Fsp3) is 0.389. The van der Waals surface area contributed by atoms with E-state index in [0.717, 1.165) is 47.7 Å². The summed E-state index contributed by atoms with van der Waals surface area (Å²) in [6, 6.07) is 8.09. The first-order valence-corrected chi connectivity index (χ1v) is 9.61. The Morgan fingerprint density at radius 1 is 1.27 bits per heavy atom. The Hall–Kier alpha value is -2.45. The SMILES string of the molecule is O=C(NCc1nc2ccccc2[nH]1)c1cnc(NC2CCC(O)CC2)s1. The van der Waals surface area contributed by atoms with E-state index in [2.05, 4.69) is 25.6 Å². The van der Waals surface area contributed by atoms with Crippen LogP contribution in [-0.2, 0) is 6.54 Å². The zero-order valence-corrected chi connectivity index (χ0v) is 15.1. The summed E-state index contributed by atoms with van der Waals surface area (Å²) in [5, 5.41) is 16.6. The molecule has 1 fully saturated rings. The molecule has 136 valence electrons. The second kappa shape index (κ2) is 7.43. The van der Waals surface area contributed by atoms with E-state index in [1.807, 2.05) is 24.3 Å². The molecule has 2 heterocycles. The molecule has 0 unspecified atom stereocenters. The number of hydrogen-bond donors (Lipinski definition) is 4. The van der Waals surface area contributed by atoms with Gasteiger partial charge in [0, 0.05) is 6.04 Å². The highest BCUT2D eigenvalue weighted by Gasteiger charge is 2.20. The number of carbonyl (C=O) groups is 1. The molecule has 7 nitrogen and oxygen atoms in total. The Balaban J connectivity index is 1.32. The van der Waals surface area contributed by atoms with Crippen molar-refractivity contribution in [2.24, 2.45) is 0 Å². The number of aliphatic hydroxyl groups is 1. The molecule has 4 rings (SSSR count). The highest BCUT2D eigenvalue weighted by Crippen LogP contribution is 2.25. The first kappa shape index (κ1) is 17.0. The monoisotopic (exact) mass is 371 g/mol. The highest BCUT2D eigenvalue weighted by atomic mass is 32.1. The van der Waals surface area contributed by atoms with Crippen LogP contribution >= 0.6 is 11.3 Å². The van der Waals surface area contributed by atoms with E-state index in [0.29, 0.717) is 17.5 Å². The van der Waals surface area contributed by atoms with Gasteiger partial charge in [-0.3, -0.25) is 4.79 Å². The number of rotatable bonds is 5. The average molecular weight is 371 g/mol. The number of anilines is 1. The van der Waals surface area contributed by atoms with Crippen LogP contribution < -0.4 is 10.6 Å². The van der Waals surface area contributed by atoms with E-state index in [1.165, 1.54) is 11.3 Å². The molecule has 1 aliphatic carbocycles. The quantitative estimate of drug-likeness (QED) is 0.552. The number of thiazole rings is 1. The molecular formula is C18H21N5O2S. The number of benzene rings is 1. The van der Waals surface area contributed by atoms with Crippen molar-refractivity contribution in [1.29, 1.82) is 0 Å². The largest absolute Gasteiger partial charge is 0.393 e. The van der Waals surface area contributed by atoms with Gasteiger partial charge in [0.25, 0.3) is 5.91 Å². The molecule has 0 spiro atoms. The third kappa shape index (κ3) is 3.86. The van der Waals surface area contributed by atoms with E-state index < -0.39 is 0 Å². The van der Waals surface area contributed by atoms with Gasteiger partial charge in [0.05, 0.1) is 29.9 Å². The number of para-hydroxylation sites is 2. The molecule has 26 heavy (non-hydrogen) atoms. The van der Waals surface area contributed by atoms with Crippen molar-refractivity contribution >= 4 is 33.4 Å². The number of H-pyrrole nitrogens is 1. The fourth-order valence-electron chi connectivity index (χ4n) is 3.18. The van der Waals surface area contributed by atoms with Gasteiger partial charge >= 0.3 is 0 Å². The molecule has 0 atom stereocenters. The standard InChI is InChI=1S/C18H21N5O2S/c24-12-7-5-11(6-8-12)21-18-20-9-15(26-18)17(25)19-10-16-22-13-3-1-2-4-14(13)23-16/h1-4,9,11-12,24H,5-8,10H2,(H,19,25)(H,20,21)(H,22,23). The lowest BCUT2D eigenvalue weighted by Crippen LogP contribution is -2.28. The molecule has 1 amide bonds. The van der Waals surface area contributed by atoms with Crippen LogP contribution in [0.2, 0.25) is 0 Å². The van der Waals surface area contributed by atoms with Crippen LogP contribution in [0.25, 0.3) is 11.0 Å². The van der Waals surface area contributed by atoms with E-state index in [9.17, 15) is 9.90 Å². The van der Waals surface area contributed by atoms with Crippen LogP contribution in [0.3, 0.4) is 0 Å². The number of nitrogens with zero attached hydrogens (tertiary/aromatic N) is 2. The third-order valence-electron chi connectivity index (χ3n) is 4.61. The maximum absolute atomic E-state index is 12.3. The topological polar surface area (TPSA) is 103 Å². The second-order valence-electron chi connectivity index (χ2n) is 6.56. The van der Waals surface area contributed by atoms with Crippen LogP contribution in [0, 0.1) is 0 Å². The molecule has 4 N–H and O–H groups in total. The van der Waals surface area contributed by atoms with Gasteiger partial charge in [-0.05, 0) is 37.8 Å². The van der Waals surface area contributed by atoms with Crippen molar-refractivity contribution in [1.82, 2.24) is 20.3 Å². The summed E-state index contributed by atoms with van der Waals surface area (Å²) in [6.07, 6.45) is 4.90. The van der Waals surface area contributed by atoms with Crippen molar-refractivity contribution in [2.45, 2.75) is 44.4 Å². The summed E-state index contributed by atoms with van der Waals surface area (Å²) in [5.74, 6) is 0.568. The lowest BCUT2D eigenvalue weighted by Gasteiger charge is -2.25. The molecule has 0 radical (unpaired) electrons. The Bertz CT molecular complexity index is 865. The molecule has 8 heteroatoms. The molecule has 1 aliphatic rings. The summed E-state index contributed by atoms with van der Waals surface area (Å²) < 4.78 is 0. The van der Waals surface area contributed by atoms with Crippen molar-refractivity contribution in [3.05, 3.63) is 41.2 Å². The molecule has 0 saturated heterocycles. The second-order valence-corrected chi connectivity index (χ2v) is 7.59. The van der Waals surface area contributed by atoms with Crippen LogP contribution in [-0.4, -0.2) is 38.1 Å². The molecule has 3 aromatic rings. The Kier molecular flexibility index (Phi) is 4.85. The number of carbonyl (C=O) groups excluding carboxylic acids is 1. The molecule has 0 bridgehead atoms. The van der Waals surface area contributed by atoms with E-state index in [4.69, 9.17) is 0 Å². The van der Waals surface area contributed by atoms with Gasteiger partial charge in [-0.1, -0.05) is 23.5 Å². The maximum atomic E-state index is 12.3. The summed E-state index contributed by atoms with van der Waals surface area (Å²) in [6.45, 7) is 0.342. The number of aromatic amines is 1. The molecule has 1 aromatic carbocycles. The minimum atomic E-state index is -0.177. The van der Waals surface area contributed by atoms with Crippen LogP contribution in [0.15, 0.2) is 30.5 Å². The third-order valence-corrected chi connectivity index (χ3v) is 5.54. The number of aliphatic hydroxyl groups excluding tert-OH is 1. The minimum Gasteiger partial charge on any atom is -0.393 e. The van der Waals surface area contributed by atoms with Gasteiger partial charge in [-0.15, -0.1) is 0 Å². The van der Waals surface area contributed by atoms with E-state index in [-0.39, 0.29) is 12.0 Å². The van der Waals surface area contributed by atoms with Gasteiger partial charge < -0.3 is 20.7 Å². The van der Waals surface area contributed by atoms with E-state index >= 15 is 0 Å². The Morgan fingerprint density at radius 3 is 2.88 bits per heavy atom. The fourth-order valence-corrected chi connectivity index (χ4v) is 3.99. The zero-order valence-electron chi connectivity index (χ0n) is 14.2. The summed E-state index contributed by atoms with van der Waals surface area (Å²) in [4.78, 5) is 24.9. The summed E-state index contributed by atoms with van der Waals surface area (Å²) in [7, 11) is 0. The first-order chi connectivity index (χ1) is 12.7. The van der Waals surface area contributed by atoms with Gasteiger partial charge in [0.15, 0.2) is 5.13 Å². The van der Waals surface area contributed by atoms with Gasteiger partial charge in [-0.25, -0.2) is 9.97 Å². The van der Waals surface area contributed by atoms with Gasteiger partial charge in [0.1, 0.15) is 10.7 Å². The van der Waals surface area contributed by atoms with Gasteiger partial charge in [0.2, 0.25) is 0 Å². The number of hydrogen-bond acceptors (Lipinski definition) is 6. The Morgan fingerprint density at radius 2 is 2.08 bits per heavy atom. The Labute approximate surface area is 154 Å². The number of fused-ring (bicyclic) bond motifs is 1. The molecule has 1 saturated carbocycles. The molecular weight excluding hydrogens is 350 g/mol. The highest BCUT2D eigenvalue weighted by molar-refractivity contribution is 7.17. The average Bonchev–Trinajstić information content (AvgIpc) is 3.28. The normalized spacial score (nSPS) is 20.2. The first-order valence-electron chi connectivity index (χ1n) is 8.79. The smallest absolute Gasteiger partial charge is 0.263 e. The van der Waals surface area contributed by atoms with Gasteiger partial charge in [-0.2, -0.15) is 0 Å². The van der Waals surface area contributed by atoms with Crippen LogP contribution in [0.1, 0.15) is 41.2 Å². The van der Waals surface area contributed by atoms with E-state index in [1.54, 1.807) is 6.20 Å². The van der Waals surface area contributed by atoms with Crippen molar-refractivity contribution in [2.75, 3.05) is 5.32 Å². The molecule has 0 aliphatic heterocycles. The summed E-state index contributed by atoms with van der Waals surface area (Å²) in [5.41, 5.74) is 1.84. The van der Waals surface area contributed by atoms with Crippen LogP contribution in [0.4, 0.5) is 5.13 Å². The maximum Gasteiger partial charge on any atom is 0.263 e. The zero-order chi connectivity index (χ0) is 17.9. The van der Waals surface area contributed by atoms with Crippen molar-refractivity contribution in [3.63, 3.8) is 0 Å². The lowest BCUT2D eigenvalue weighted by molar-refractivity contribution is 0.0954. The number of nitrogens with one attached hydrogen (secondary N) is 3. The number of aromatic nitrogens is 3. The molecule has 2 aromatic heterocycles.